The number of terminal acetylenes is 1. The number of carboxylic acids is 2. The summed E-state index contributed by atoms with van der Waals surface area (Å²) in [5.74, 6) is -2.86. The van der Waals surface area contributed by atoms with Crippen LogP contribution in [0.15, 0.2) is 0 Å². The largest absolute Gasteiger partial charge is 0.481 e. The molecule has 0 aliphatic heterocycles. The summed E-state index contributed by atoms with van der Waals surface area (Å²) in [6.45, 7) is 6.41. The maximum atomic E-state index is 13.1. The highest BCUT2D eigenvalue weighted by molar-refractivity contribution is 5.81. The van der Waals surface area contributed by atoms with Gasteiger partial charge < -0.3 is 38.6 Å². The number of ether oxygens (including phenoxy) is 6. The second-order valence-corrected chi connectivity index (χ2v) is 22.0. The lowest BCUT2D eigenvalue weighted by molar-refractivity contribution is -0.338. The van der Waals surface area contributed by atoms with Crippen LogP contribution >= 0.6 is 0 Å². The van der Waals surface area contributed by atoms with E-state index < -0.39 is 35.7 Å². The van der Waals surface area contributed by atoms with Gasteiger partial charge in [0, 0.05) is 0 Å². The zero-order chi connectivity index (χ0) is 46.5. The van der Waals surface area contributed by atoms with Gasteiger partial charge in [-0.05, 0) is 177 Å². The Kier molecular flexibility index (Phi) is 19.8. The number of hydrogen-bond donors (Lipinski definition) is 2. The molecule has 7 saturated carbocycles. The second-order valence-electron chi connectivity index (χ2n) is 22.0. The lowest BCUT2D eigenvalue weighted by atomic mass is 9.60. The highest BCUT2D eigenvalue weighted by atomic mass is 17.2. The SMILES string of the molecule is C#COC1CCC(C(=O)OC2CCC(OC3CCC(C(C)(C)C4CCC(OC5CCC(OOCC6CCC(OCCOC7CCCCC7)CC6C(=O)O)CC5)CC4)CC3)CC2)C(C(=O)O)C1. The maximum absolute atomic E-state index is 13.1. The van der Waals surface area contributed by atoms with Crippen molar-refractivity contribution in [1.82, 2.24) is 0 Å². The molecule has 374 valence electrons. The zero-order valence-electron chi connectivity index (χ0n) is 40.3. The first-order valence-electron chi connectivity index (χ1n) is 26.5. The maximum Gasteiger partial charge on any atom is 0.310 e. The van der Waals surface area contributed by atoms with Crippen LogP contribution < -0.4 is 0 Å². The van der Waals surface area contributed by atoms with E-state index in [1.165, 1.54) is 44.9 Å². The molecular formula is C53H84O13. The van der Waals surface area contributed by atoms with Crippen LogP contribution in [-0.4, -0.2) is 103 Å². The molecule has 2 N–H and O–H groups in total. The van der Waals surface area contributed by atoms with Crippen LogP contribution in [0.25, 0.3) is 0 Å². The van der Waals surface area contributed by atoms with E-state index in [1.54, 1.807) is 0 Å². The number of carbonyl (C=O) groups is 3. The van der Waals surface area contributed by atoms with Gasteiger partial charge in [0.1, 0.15) is 18.3 Å². The van der Waals surface area contributed by atoms with Gasteiger partial charge in [-0.25, -0.2) is 9.78 Å². The Morgan fingerprint density at radius 2 is 0.985 bits per heavy atom. The van der Waals surface area contributed by atoms with Gasteiger partial charge in [-0.15, -0.1) is 0 Å². The Morgan fingerprint density at radius 3 is 1.53 bits per heavy atom. The van der Waals surface area contributed by atoms with E-state index >= 15 is 0 Å². The van der Waals surface area contributed by atoms with Crippen molar-refractivity contribution in [3.8, 4) is 12.5 Å². The summed E-state index contributed by atoms with van der Waals surface area (Å²) in [6, 6.07) is 0. The fourth-order valence-corrected chi connectivity index (χ4v) is 13.2. The van der Waals surface area contributed by atoms with Crippen molar-refractivity contribution in [2.45, 2.75) is 242 Å². The first kappa shape index (κ1) is 51.4. The number of rotatable bonds is 20. The predicted octanol–water partition coefficient (Wildman–Crippen LogP) is 9.99. The Morgan fingerprint density at radius 1 is 0.515 bits per heavy atom. The van der Waals surface area contributed by atoms with Crippen LogP contribution in [0.2, 0.25) is 0 Å². The molecule has 0 aromatic heterocycles. The molecule has 7 rings (SSSR count). The van der Waals surface area contributed by atoms with Gasteiger partial charge in [0.25, 0.3) is 0 Å². The number of aliphatic carboxylic acids is 2. The lowest BCUT2D eigenvalue weighted by Crippen LogP contribution is -2.41. The molecule has 0 spiro atoms. The Hall–Kier alpha value is -2.47. The average molecular weight is 929 g/mol. The van der Waals surface area contributed by atoms with Crippen molar-refractivity contribution in [1.29, 1.82) is 0 Å². The Bertz CT molecular complexity index is 1530. The summed E-state index contributed by atoms with van der Waals surface area (Å²) < 4.78 is 36.5. The first-order chi connectivity index (χ1) is 31.9. The van der Waals surface area contributed by atoms with Gasteiger partial charge >= 0.3 is 17.9 Å². The molecule has 7 fully saturated rings. The first-order valence-corrected chi connectivity index (χ1v) is 26.5. The molecule has 7 aliphatic rings. The van der Waals surface area contributed by atoms with Crippen LogP contribution in [0.1, 0.15) is 187 Å². The minimum atomic E-state index is -1.00. The lowest BCUT2D eigenvalue weighted by Gasteiger charge is -2.47. The fraction of sp³-hybridized carbons (Fsp3) is 0.906. The summed E-state index contributed by atoms with van der Waals surface area (Å²) in [5.41, 5.74) is 0.279. The third-order valence-electron chi connectivity index (χ3n) is 17.5. The summed E-state index contributed by atoms with van der Waals surface area (Å²) in [7, 11) is 0. The van der Waals surface area contributed by atoms with Gasteiger partial charge in [0.15, 0.2) is 0 Å². The van der Waals surface area contributed by atoms with Crippen molar-refractivity contribution in [3.63, 3.8) is 0 Å². The molecule has 0 heterocycles. The van der Waals surface area contributed by atoms with E-state index in [2.05, 4.69) is 20.0 Å². The van der Waals surface area contributed by atoms with Gasteiger partial charge in [-0.3, -0.25) is 14.4 Å². The number of hydrogen-bond acceptors (Lipinski definition) is 11. The van der Waals surface area contributed by atoms with Crippen molar-refractivity contribution >= 4 is 17.9 Å². The monoisotopic (exact) mass is 929 g/mol. The summed E-state index contributed by atoms with van der Waals surface area (Å²) in [5, 5.41) is 19.8. The summed E-state index contributed by atoms with van der Waals surface area (Å²) in [6.07, 6.45) is 33.8. The smallest absolute Gasteiger partial charge is 0.310 e. The van der Waals surface area contributed by atoms with E-state index in [-0.39, 0.29) is 60.5 Å². The van der Waals surface area contributed by atoms with Gasteiger partial charge in [-0.1, -0.05) is 39.5 Å². The van der Waals surface area contributed by atoms with Crippen LogP contribution in [0.4, 0.5) is 0 Å². The van der Waals surface area contributed by atoms with E-state index in [0.717, 1.165) is 103 Å². The number of carbonyl (C=O) groups excluding carboxylic acids is 1. The molecule has 7 aliphatic carbocycles. The fourth-order valence-electron chi connectivity index (χ4n) is 13.2. The average Bonchev–Trinajstić information content (AvgIpc) is 3.32. The molecule has 0 amide bonds. The zero-order valence-corrected chi connectivity index (χ0v) is 40.3. The van der Waals surface area contributed by atoms with Crippen LogP contribution in [0.5, 0.6) is 0 Å². The van der Waals surface area contributed by atoms with Crippen LogP contribution in [0.3, 0.4) is 0 Å². The van der Waals surface area contributed by atoms with E-state index in [0.29, 0.717) is 63.1 Å². The molecule has 0 aromatic carbocycles. The molecule has 0 bridgehead atoms. The quantitative estimate of drug-likeness (QED) is 0.0390. The molecule has 13 nitrogen and oxygen atoms in total. The van der Waals surface area contributed by atoms with Crippen LogP contribution in [0, 0.1) is 53.5 Å². The standard InChI is InChI=1S/C53H84O13/c1-4-59-45-28-29-47(49(33-45)51(56)57)52(58)65-43-22-20-41(21-23-43)63-39-16-11-36(12-17-39)53(2,3)37-13-18-40(19-14-37)64-42-24-26-44(27-25-42)66-62-34-35-10-15-46(32-48(35)50(54)55)61-31-30-60-38-8-6-5-7-9-38/h1,35-49H,5-34H2,2-3H3,(H,54,55)(H,56,57). The second kappa shape index (κ2) is 25.4. The molecular weight excluding hydrogens is 845 g/mol. The molecule has 13 heteroatoms. The highest BCUT2D eigenvalue weighted by Gasteiger charge is 2.44. The van der Waals surface area contributed by atoms with Crippen LogP contribution in [-0.2, 0) is 52.6 Å². The Labute approximate surface area is 395 Å². The van der Waals surface area contributed by atoms with Crippen molar-refractivity contribution in [2.75, 3.05) is 19.8 Å². The van der Waals surface area contributed by atoms with E-state index in [1.807, 2.05) is 0 Å². The van der Waals surface area contributed by atoms with Gasteiger partial charge in [0.2, 0.25) is 0 Å². The van der Waals surface area contributed by atoms with Gasteiger partial charge in [0.05, 0.1) is 80.3 Å². The minimum Gasteiger partial charge on any atom is -0.481 e. The highest BCUT2D eigenvalue weighted by Crippen LogP contribution is 2.49. The molecule has 0 saturated heterocycles. The molecule has 0 aromatic rings. The molecule has 6 unspecified atom stereocenters. The van der Waals surface area contributed by atoms with Crippen molar-refractivity contribution in [3.05, 3.63) is 0 Å². The van der Waals surface area contributed by atoms with Crippen molar-refractivity contribution in [2.24, 2.45) is 40.9 Å². The third kappa shape index (κ3) is 14.8. The molecule has 6 atom stereocenters. The molecule has 66 heavy (non-hydrogen) atoms. The van der Waals surface area contributed by atoms with Crippen molar-refractivity contribution < 1.29 is 62.8 Å². The van der Waals surface area contributed by atoms with E-state index in [9.17, 15) is 24.6 Å². The number of esters is 1. The topological polar surface area (TPSA) is 166 Å². The predicted molar refractivity (Wildman–Crippen MR) is 246 cm³/mol. The number of carboxylic acid groups (broad SMARTS) is 2. The Balaban J connectivity index is 0.719. The third-order valence-corrected chi connectivity index (χ3v) is 17.5. The van der Waals surface area contributed by atoms with Gasteiger partial charge in [-0.2, -0.15) is 0 Å². The minimum absolute atomic E-state index is 0.0227. The normalized spacial score (nSPS) is 37.3. The summed E-state index contributed by atoms with van der Waals surface area (Å²) in [4.78, 5) is 48.8. The van der Waals surface area contributed by atoms with E-state index in [4.69, 9.17) is 44.6 Å². The summed E-state index contributed by atoms with van der Waals surface area (Å²) >= 11 is 0. The molecule has 0 radical (unpaired) electrons.